The molecule has 0 saturated heterocycles. The average molecular weight is 229 g/mol. The largest absolute Gasteiger partial charge is 0.481 e. The fraction of sp³-hybridized carbons (Fsp3) is 0.667. The Morgan fingerprint density at radius 3 is 3.00 bits per heavy atom. The molecule has 0 aliphatic rings. The SMILES string of the molecule is CC(C)Cn1cnnc1CSCC(=O)O. The molecule has 0 unspecified atom stereocenters. The fourth-order valence-electron chi connectivity index (χ4n) is 1.17. The van der Waals surface area contributed by atoms with Crippen molar-refractivity contribution in [2.75, 3.05) is 5.75 Å². The maximum Gasteiger partial charge on any atom is 0.313 e. The Hall–Kier alpha value is -1.04. The highest BCUT2D eigenvalue weighted by atomic mass is 32.2. The first-order valence-corrected chi connectivity index (χ1v) is 5.91. The Kier molecular flexibility index (Phi) is 4.61. The van der Waals surface area contributed by atoms with E-state index in [0.717, 1.165) is 12.4 Å². The van der Waals surface area contributed by atoms with Gasteiger partial charge >= 0.3 is 5.97 Å². The zero-order chi connectivity index (χ0) is 11.3. The first-order chi connectivity index (χ1) is 7.09. The molecule has 0 spiro atoms. The van der Waals surface area contributed by atoms with E-state index in [1.165, 1.54) is 11.8 Å². The molecule has 1 N–H and O–H groups in total. The van der Waals surface area contributed by atoms with Gasteiger partial charge in [0.2, 0.25) is 0 Å². The lowest BCUT2D eigenvalue weighted by molar-refractivity contribution is -0.133. The second-order valence-electron chi connectivity index (χ2n) is 3.68. The third-order valence-corrected chi connectivity index (χ3v) is 2.63. The Bertz CT molecular complexity index is 325. The van der Waals surface area contributed by atoms with Crippen molar-refractivity contribution in [3.63, 3.8) is 0 Å². The summed E-state index contributed by atoms with van der Waals surface area (Å²) in [4.78, 5) is 10.3. The molecule has 0 radical (unpaired) electrons. The van der Waals surface area contributed by atoms with Crippen LogP contribution in [0, 0.1) is 5.92 Å². The predicted molar refractivity (Wildman–Crippen MR) is 58.7 cm³/mol. The first-order valence-electron chi connectivity index (χ1n) is 4.75. The third-order valence-electron chi connectivity index (χ3n) is 1.71. The summed E-state index contributed by atoms with van der Waals surface area (Å²) in [6.07, 6.45) is 1.69. The van der Waals surface area contributed by atoms with Crippen LogP contribution in [-0.2, 0) is 17.1 Å². The van der Waals surface area contributed by atoms with Crippen LogP contribution < -0.4 is 0 Å². The lowest BCUT2D eigenvalue weighted by atomic mass is 10.2. The molecule has 0 atom stereocenters. The molecule has 0 aliphatic carbocycles. The van der Waals surface area contributed by atoms with Crippen LogP contribution in [0.1, 0.15) is 19.7 Å². The number of carboxylic acid groups (broad SMARTS) is 1. The number of carbonyl (C=O) groups is 1. The monoisotopic (exact) mass is 229 g/mol. The number of thioether (sulfide) groups is 1. The maximum atomic E-state index is 10.3. The van der Waals surface area contributed by atoms with Gasteiger partial charge in [-0.3, -0.25) is 4.79 Å². The lowest BCUT2D eigenvalue weighted by Gasteiger charge is -2.08. The maximum absolute atomic E-state index is 10.3. The lowest BCUT2D eigenvalue weighted by Crippen LogP contribution is -2.08. The van der Waals surface area contributed by atoms with Gasteiger partial charge in [-0.2, -0.15) is 0 Å². The standard InChI is InChI=1S/C9H15N3O2S/c1-7(2)3-12-6-10-11-8(12)4-15-5-9(13)14/h6-7H,3-5H2,1-2H3,(H,13,14). The van der Waals surface area contributed by atoms with Gasteiger partial charge in [-0.15, -0.1) is 22.0 Å². The van der Waals surface area contributed by atoms with Crippen molar-refractivity contribution in [2.45, 2.75) is 26.1 Å². The van der Waals surface area contributed by atoms with Crippen LogP contribution in [0.4, 0.5) is 0 Å². The second kappa shape index (κ2) is 5.75. The Labute approximate surface area is 92.9 Å². The minimum atomic E-state index is -0.796. The minimum absolute atomic E-state index is 0.106. The molecule has 0 aliphatic heterocycles. The van der Waals surface area contributed by atoms with Crippen molar-refractivity contribution in [1.29, 1.82) is 0 Å². The topological polar surface area (TPSA) is 68.0 Å². The van der Waals surface area contributed by atoms with E-state index in [2.05, 4.69) is 24.0 Å². The van der Waals surface area contributed by atoms with E-state index in [1.807, 2.05) is 4.57 Å². The highest BCUT2D eigenvalue weighted by Gasteiger charge is 2.06. The van der Waals surface area contributed by atoms with Gasteiger partial charge in [-0.25, -0.2) is 0 Å². The third kappa shape index (κ3) is 4.33. The highest BCUT2D eigenvalue weighted by molar-refractivity contribution is 7.99. The average Bonchev–Trinajstić information content (AvgIpc) is 2.51. The van der Waals surface area contributed by atoms with Gasteiger partial charge < -0.3 is 9.67 Å². The second-order valence-corrected chi connectivity index (χ2v) is 4.67. The number of carboxylic acids is 1. The quantitative estimate of drug-likeness (QED) is 0.795. The Balaban J connectivity index is 2.46. The van der Waals surface area contributed by atoms with Crippen LogP contribution in [0.2, 0.25) is 0 Å². The van der Waals surface area contributed by atoms with Crippen LogP contribution in [0.25, 0.3) is 0 Å². The summed E-state index contributed by atoms with van der Waals surface area (Å²) in [6, 6.07) is 0. The molecule has 0 saturated carbocycles. The van der Waals surface area contributed by atoms with Gasteiger partial charge in [-0.1, -0.05) is 13.8 Å². The van der Waals surface area contributed by atoms with Crippen LogP contribution in [-0.4, -0.2) is 31.6 Å². The minimum Gasteiger partial charge on any atom is -0.481 e. The normalized spacial score (nSPS) is 10.9. The summed E-state index contributed by atoms with van der Waals surface area (Å²) in [5, 5.41) is 16.3. The van der Waals surface area contributed by atoms with Crippen LogP contribution >= 0.6 is 11.8 Å². The number of aliphatic carboxylic acids is 1. The summed E-state index contributed by atoms with van der Waals surface area (Å²) in [5.74, 6) is 1.28. The molecular formula is C9H15N3O2S. The van der Waals surface area contributed by atoms with Gasteiger partial charge in [0.05, 0.1) is 11.5 Å². The zero-order valence-electron chi connectivity index (χ0n) is 8.88. The van der Waals surface area contributed by atoms with Gasteiger partial charge in [0.25, 0.3) is 0 Å². The summed E-state index contributed by atoms with van der Waals surface area (Å²) >= 11 is 1.34. The smallest absolute Gasteiger partial charge is 0.313 e. The number of hydrogen-bond acceptors (Lipinski definition) is 4. The molecule has 6 heteroatoms. The zero-order valence-corrected chi connectivity index (χ0v) is 9.70. The van der Waals surface area contributed by atoms with E-state index in [-0.39, 0.29) is 5.75 Å². The number of hydrogen-bond donors (Lipinski definition) is 1. The summed E-state index contributed by atoms with van der Waals surface area (Å²) < 4.78 is 1.97. The molecule has 0 bridgehead atoms. The fourth-order valence-corrected chi connectivity index (χ4v) is 1.85. The molecular weight excluding hydrogens is 214 g/mol. The van der Waals surface area contributed by atoms with E-state index in [1.54, 1.807) is 6.33 Å². The molecule has 84 valence electrons. The summed E-state index contributed by atoms with van der Waals surface area (Å²) in [6.45, 7) is 5.11. The van der Waals surface area contributed by atoms with E-state index in [9.17, 15) is 4.79 Å². The van der Waals surface area contributed by atoms with E-state index >= 15 is 0 Å². The molecule has 0 aromatic carbocycles. The molecule has 5 nitrogen and oxygen atoms in total. The molecule has 15 heavy (non-hydrogen) atoms. The molecule has 1 aromatic heterocycles. The van der Waals surface area contributed by atoms with E-state index in [0.29, 0.717) is 11.7 Å². The van der Waals surface area contributed by atoms with Crippen LogP contribution in [0.15, 0.2) is 6.33 Å². The Morgan fingerprint density at radius 1 is 1.67 bits per heavy atom. The molecule has 1 heterocycles. The van der Waals surface area contributed by atoms with Crippen molar-refractivity contribution >= 4 is 17.7 Å². The molecule has 1 aromatic rings. The number of aromatic nitrogens is 3. The van der Waals surface area contributed by atoms with Crippen molar-refractivity contribution < 1.29 is 9.90 Å². The Morgan fingerprint density at radius 2 is 2.40 bits per heavy atom. The number of rotatable bonds is 6. The van der Waals surface area contributed by atoms with Crippen LogP contribution in [0.3, 0.4) is 0 Å². The summed E-state index contributed by atoms with van der Waals surface area (Å²) in [5.41, 5.74) is 0. The number of nitrogens with zero attached hydrogens (tertiary/aromatic N) is 3. The van der Waals surface area contributed by atoms with E-state index in [4.69, 9.17) is 5.11 Å². The van der Waals surface area contributed by atoms with Crippen LogP contribution in [0.5, 0.6) is 0 Å². The van der Waals surface area contributed by atoms with Gasteiger partial charge in [-0.05, 0) is 5.92 Å². The van der Waals surface area contributed by atoms with Gasteiger partial charge in [0, 0.05) is 6.54 Å². The molecule has 0 amide bonds. The molecule has 0 fully saturated rings. The van der Waals surface area contributed by atoms with Crippen molar-refractivity contribution in [1.82, 2.24) is 14.8 Å². The van der Waals surface area contributed by atoms with Gasteiger partial charge in [0.15, 0.2) is 0 Å². The van der Waals surface area contributed by atoms with Crippen molar-refractivity contribution in [2.24, 2.45) is 5.92 Å². The van der Waals surface area contributed by atoms with Crippen molar-refractivity contribution in [3.8, 4) is 0 Å². The summed E-state index contributed by atoms with van der Waals surface area (Å²) in [7, 11) is 0. The first kappa shape index (κ1) is 12.0. The predicted octanol–water partition coefficient (Wildman–Crippen LogP) is 1.25. The van der Waals surface area contributed by atoms with Crippen molar-refractivity contribution in [3.05, 3.63) is 12.2 Å². The highest BCUT2D eigenvalue weighted by Crippen LogP contribution is 2.10. The van der Waals surface area contributed by atoms with Gasteiger partial charge in [0.1, 0.15) is 12.2 Å². The molecule has 1 rings (SSSR count). The van der Waals surface area contributed by atoms with E-state index < -0.39 is 5.97 Å².